The first-order chi connectivity index (χ1) is 13.4. The second-order valence-electron chi connectivity index (χ2n) is 5.68. The van der Waals surface area contributed by atoms with Gasteiger partial charge in [0.25, 0.3) is 0 Å². The zero-order chi connectivity index (χ0) is 20.3. The summed E-state index contributed by atoms with van der Waals surface area (Å²) in [7, 11) is 3.34. The molecular formula is C18H15Cl3N4O2S. The van der Waals surface area contributed by atoms with E-state index in [1.54, 1.807) is 34.9 Å². The van der Waals surface area contributed by atoms with Crippen LogP contribution >= 0.6 is 46.6 Å². The Morgan fingerprint density at radius 1 is 1.14 bits per heavy atom. The van der Waals surface area contributed by atoms with Crippen LogP contribution < -0.4 is 10.1 Å². The molecule has 0 bridgehead atoms. The summed E-state index contributed by atoms with van der Waals surface area (Å²) in [5.41, 5.74) is 1.29. The molecule has 0 aliphatic heterocycles. The number of rotatable bonds is 6. The lowest BCUT2D eigenvalue weighted by molar-refractivity contribution is -0.113. The Hall–Kier alpha value is -1.93. The number of carbonyl (C=O) groups is 1. The van der Waals surface area contributed by atoms with Gasteiger partial charge in [-0.1, -0.05) is 46.6 Å². The third-order valence-corrected chi connectivity index (χ3v) is 5.78. The standard InChI is InChI=1S/C18H15Cl3N4O2S/c1-25-17(10-3-5-12(20)13(21)7-10)23-24-18(25)28-9-16(26)22-14-8-11(19)4-6-15(14)27-2/h3-8H,9H2,1-2H3,(H,22,26). The molecule has 0 saturated heterocycles. The minimum atomic E-state index is -0.218. The molecule has 28 heavy (non-hydrogen) atoms. The number of anilines is 1. The van der Waals surface area contributed by atoms with Crippen LogP contribution in [-0.4, -0.2) is 33.5 Å². The van der Waals surface area contributed by atoms with Crippen molar-refractivity contribution in [2.75, 3.05) is 18.2 Å². The SMILES string of the molecule is COc1ccc(Cl)cc1NC(=O)CSc1nnc(-c2ccc(Cl)c(Cl)c2)n1C. The number of halogens is 3. The summed E-state index contributed by atoms with van der Waals surface area (Å²) in [5, 5.41) is 13.1. The molecular weight excluding hydrogens is 443 g/mol. The molecule has 0 aliphatic carbocycles. The largest absolute Gasteiger partial charge is 0.495 e. The van der Waals surface area contributed by atoms with Gasteiger partial charge in [0.05, 0.1) is 28.6 Å². The van der Waals surface area contributed by atoms with Gasteiger partial charge in [0.2, 0.25) is 5.91 Å². The second-order valence-corrected chi connectivity index (χ2v) is 7.87. The Morgan fingerprint density at radius 3 is 2.64 bits per heavy atom. The van der Waals surface area contributed by atoms with Crippen LogP contribution in [0.1, 0.15) is 0 Å². The molecule has 1 N–H and O–H groups in total. The van der Waals surface area contributed by atoms with Crippen LogP contribution in [0.2, 0.25) is 15.1 Å². The van der Waals surface area contributed by atoms with Crippen molar-refractivity contribution in [3.05, 3.63) is 51.5 Å². The summed E-state index contributed by atoms with van der Waals surface area (Å²) < 4.78 is 7.02. The number of aromatic nitrogens is 3. The van der Waals surface area contributed by atoms with Crippen molar-refractivity contribution >= 4 is 58.2 Å². The highest BCUT2D eigenvalue weighted by molar-refractivity contribution is 7.99. The zero-order valence-corrected chi connectivity index (χ0v) is 18.0. The van der Waals surface area contributed by atoms with E-state index >= 15 is 0 Å². The van der Waals surface area contributed by atoms with Crippen molar-refractivity contribution in [3.63, 3.8) is 0 Å². The molecule has 3 aromatic rings. The molecule has 6 nitrogen and oxygen atoms in total. The molecule has 3 rings (SSSR count). The minimum absolute atomic E-state index is 0.142. The molecule has 0 radical (unpaired) electrons. The number of benzene rings is 2. The second kappa shape index (κ2) is 9.05. The number of hydrogen-bond donors (Lipinski definition) is 1. The summed E-state index contributed by atoms with van der Waals surface area (Å²) in [6.07, 6.45) is 0. The lowest BCUT2D eigenvalue weighted by Gasteiger charge is -2.10. The van der Waals surface area contributed by atoms with Crippen LogP contribution in [0.5, 0.6) is 5.75 Å². The quantitative estimate of drug-likeness (QED) is 0.516. The fourth-order valence-corrected chi connectivity index (χ4v) is 3.60. The maximum absolute atomic E-state index is 12.3. The van der Waals surface area contributed by atoms with Gasteiger partial charge in [-0.25, -0.2) is 0 Å². The number of amides is 1. The van der Waals surface area contributed by atoms with Gasteiger partial charge >= 0.3 is 0 Å². The van der Waals surface area contributed by atoms with Crippen molar-refractivity contribution in [2.45, 2.75) is 5.16 Å². The first-order valence-electron chi connectivity index (χ1n) is 8.00. The molecule has 1 amide bonds. The van der Waals surface area contributed by atoms with Crippen molar-refractivity contribution in [3.8, 4) is 17.1 Å². The Morgan fingerprint density at radius 2 is 1.93 bits per heavy atom. The van der Waals surface area contributed by atoms with E-state index in [9.17, 15) is 4.79 Å². The summed E-state index contributed by atoms with van der Waals surface area (Å²) >= 11 is 19.3. The molecule has 1 aromatic heterocycles. The van der Waals surface area contributed by atoms with Crippen molar-refractivity contribution in [1.29, 1.82) is 0 Å². The molecule has 0 spiro atoms. The molecule has 1 heterocycles. The lowest BCUT2D eigenvalue weighted by atomic mass is 10.2. The fourth-order valence-electron chi connectivity index (χ4n) is 2.42. The van der Waals surface area contributed by atoms with Gasteiger partial charge < -0.3 is 14.6 Å². The smallest absolute Gasteiger partial charge is 0.234 e. The van der Waals surface area contributed by atoms with E-state index in [4.69, 9.17) is 39.5 Å². The third kappa shape index (κ3) is 4.72. The number of ether oxygens (including phenoxy) is 1. The van der Waals surface area contributed by atoms with Gasteiger partial charge in [-0.3, -0.25) is 4.79 Å². The molecule has 0 fully saturated rings. The summed E-state index contributed by atoms with van der Waals surface area (Å²) in [5.74, 6) is 1.08. The van der Waals surface area contributed by atoms with E-state index in [1.807, 2.05) is 13.1 Å². The molecule has 10 heteroatoms. The highest BCUT2D eigenvalue weighted by Crippen LogP contribution is 2.30. The average Bonchev–Trinajstić information content (AvgIpc) is 3.03. The maximum atomic E-state index is 12.3. The van der Waals surface area contributed by atoms with Gasteiger partial charge in [0.15, 0.2) is 11.0 Å². The van der Waals surface area contributed by atoms with E-state index in [0.717, 1.165) is 5.56 Å². The number of nitrogens with one attached hydrogen (secondary N) is 1. The number of thioether (sulfide) groups is 1. The summed E-state index contributed by atoms with van der Waals surface area (Å²) in [6, 6.07) is 10.2. The minimum Gasteiger partial charge on any atom is -0.495 e. The van der Waals surface area contributed by atoms with Gasteiger partial charge in [-0.2, -0.15) is 0 Å². The van der Waals surface area contributed by atoms with E-state index in [0.29, 0.717) is 37.5 Å². The van der Waals surface area contributed by atoms with Gasteiger partial charge in [0, 0.05) is 17.6 Å². The predicted octanol–water partition coefficient (Wildman–Crippen LogP) is 5.18. The Bertz CT molecular complexity index is 1030. The highest BCUT2D eigenvalue weighted by Gasteiger charge is 2.15. The first-order valence-corrected chi connectivity index (χ1v) is 10.1. The Kier molecular flexibility index (Phi) is 6.72. The zero-order valence-electron chi connectivity index (χ0n) is 14.9. The fraction of sp³-hybridized carbons (Fsp3) is 0.167. The van der Waals surface area contributed by atoms with E-state index < -0.39 is 0 Å². The highest BCUT2D eigenvalue weighted by atomic mass is 35.5. The Balaban J connectivity index is 1.68. The van der Waals surface area contributed by atoms with Gasteiger partial charge in [-0.15, -0.1) is 10.2 Å². The molecule has 2 aromatic carbocycles. The maximum Gasteiger partial charge on any atom is 0.234 e. The Labute approximate surface area is 181 Å². The summed E-state index contributed by atoms with van der Waals surface area (Å²) in [6.45, 7) is 0. The van der Waals surface area contributed by atoms with Crippen molar-refractivity contribution < 1.29 is 9.53 Å². The first kappa shape index (κ1) is 20.8. The molecule has 0 aliphatic rings. The molecule has 0 saturated carbocycles. The van der Waals surface area contributed by atoms with Crippen LogP contribution in [-0.2, 0) is 11.8 Å². The number of carbonyl (C=O) groups excluding carboxylic acids is 1. The van der Waals surface area contributed by atoms with Gasteiger partial charge in [0.1, 0.15) is 5.75 Å². The topological polar surface area (TPSA) is 69.0 Å². The van der Waals surface area contributed by atoms with Crippen LogP contribution in [0.4, 0.5) is 5.69 Å². The third-order valence-electron chi connectivity index (χ3n) is 3.78. The molecule has 0 unspecified atom stereocenters. The van der Waals surface area contributed by atoms with E-state index in [-0.39, 0.29) is 11.7 Å². The molecule has 0 atom stereocenters. The predicted molar refractivity (Wildman–Crippen MR) is 114 cm³/mol. The lowest BCUT2D eigenvalue weighted by Crippen LogP contribution is -2.15. The van der Waals surface area contributed by atoms with E-state index in [2.05, 4.69) is 15.5 Å². The average molecular weight is 458 g/mol. The summed E-state index contributed by atoms with van der Waals surface area (Å²) in [4.78, 5) is 12.3. The normalized spacial score (nSPS) is 10.8. The van der Waals surface area contributed by atoms with Crippen molar-refractivity contribution in [1.82, 2.24) is 14.8 Å². The van der Waals surface area contributed by atoms with Gasteiger partial charge in [-0.05, 0) is 36.4 Å². The van der Waals surface area contributed by atoms with Crippen LogP contribution in [0.3, 0.4) is 0 Å². The van der Waals surface area contributed by atoms with E-state index in [1.165, 1.54) is 18.9 Å². The number of methoxy groups -OCH3 is 1. The molecule has 146 valence electrons. The van der Waals surface area contributed by atoms with Crippen LogP contribution in [0, 0.1) is 0 Å². The van der Waals surface area contributed by atoms with Crippen LogP contribution in [0.15, 0.2) is 41.6 Å². The number of nitrogens with zero attached hydrogens (tertiary/aromatic N) is 3. The number of hydrogen-bond acceptors (Lipinski definition) is 5. The van der Waals surface area contributed by atoms with Crippen LogP contribution in [0.25, 0.3) is 11.4 Å². The van der Waals surface area contributed by atoms with Crippen molar-refractivity contribution in [2.24, 2.45) is 7.05 Å². The monoisotopic (exact) mass is 456 g/mol.